The normalized spacial score (nSPS) is 14.5. The van der Waals surface area contributed by atoms with E-state index in [1.807, 2.05) is 10.6 Å². The Kier molecular flexibility index (Phi) is 12.0. The number of aliphatic hydroxyl groups excluding tert-OH is 1. The van der Waals surface area contributed by atoms with E-state index in [1.54, 1.807) is 0 Å². The van der Waals surface area contributed by atoms with E-state index in [2.05, 4.69) is 17.9 Å². The Bertz CT molecular complexity index is 674. The van der Waals surface area contributed by atoms with Gasteiger partial charge in [0.1, 0.15) is 18.1 Å². The topological polar surface area (TPSA) is 245 Å². The number of nitrogens with one attached hydrogen (secondary N) is 3. The summed E-state index contributed by atoms with van der Waals surface area (Å²) in [5.41, 5.74) is 5.48. The van der Waals surface area contributed by atoms with Crippen LogP contribution in [0.1, 0.15) is 19.3 Å². The fourth-order valence-corrected chi connectivity index (χ4v) is 2.18. The molecule has 15 heteroatoms. The van der Waals surface area contributed by atoms with Gasteiger partial charge in [-0.1, -0.05) is 0 Å². The lowest BCUT2D eigenvalue weighted by Gasteiger charge is -2.23. The number of rotatable bonds is 14. The molecule has 3 amide bonds. The summed E-state index contributed by atoms with van der Waals surface area (Å²) in [4.78, 5) is 68.9. The summed E-state index contributed by atoms with van der Waals surface area (Å²) in [6, 6.07) is -6.05. The molecular formula is C15H24N4O10S. The summed E-state index contributed by atoms with van der Waals surface area (Å²) in [6.07, 6.45) is -1.85. The quantitative estimate of drug-likeness (QED) is 0.115. The monoisotopic (exact) mass is 452 g/mol. The number of hydrogen-bond acceptors (Lipinski definition) is 9. The van der Waals surface area contributed by atoms with Gasteiger partial charge in [-0.2, -0.15) is 12.6 Å². The molecule has 0 heterocycles. The third kappa shape index (κ3) is 10.0. The van der Waals surface area contributed by atoms with Gasteiger partial charge in [0.15, 0.2) is 0 Å². The number of nitrogens with two attached hydrogens (primary N) is 1. The summed E-state index contributed by atoms with van der Waals surface area (Å²) in [5, 5.41) is 41.8. The number of carboxylic acid groups (broad SMARTS) is 3. The second kappa shape index (κ2) is 13.3. The summed E-state index contributed by atoms with van der Waals surface area (Å²) in [5.74, 6) is -7.56. The first-order valence-electron chi connectivity index (χ1n) is 8.47. The van der Waals surface area contributed by atoms with E-state index < -0.39 is 79.2 Å². The van der Waals surface area contributed by atoms with Gasteiger partial charge in [0.2, 0.25) is 17.7 Å². The Labute approximate surface area is 175 Å². The van der Waals surface area contributed by atoms with Gasteiger partial charge in [-0.05, 0) is 6.42 Å². The van der Waals surface area contributed by atoms with Gasteiger partial charge in [0.25, 0.3) is 0 Å². The number of aliphatic carboxylic acids is 3. The van der Waals surface area contributed by atoms with Crippen LogP contribution in [0.3, 0.4) is 0 Å². The fraction of sp³-hybridized carbons (Fsp3) is 0.600. The molecule has 0 aliphatic carbocycles. The molecule has 0 spiro atoms. The third-order valence-corrected chi connectivity index (χ3v) is 4.02. The zero-order valence-corrected chi connectivity index (χ0v) is 16.5. The molecule has 0 saturated heterocycles. The molecule has 0 bridgehead atoms. The van der Waals surface area contributed by atoms with Crippen LogP contribution in [0.4, 0.5) is 0 Å². The van der Waals surface area contributed by atoms with Crippen molar-refractivity contribution in [1.82, 2.24) is 16.0 Å². The predicted octanol–water partition coefficient (Wildman–Crippen LogP) is -3.89. The Balaban J connectivity index is 5.26. The number of carbonyl (C=O) groups is 6. The van der Waals surface area contributed by atoms with Crippen molar-refractivity contribution in [2.45, 2.75) is 43.4 Å². The summed E-state index contributed by atoms with van der Waals surface area (Å²) >= 11 is 3.83. The van der Waals surface area contributed by atoms with Crippen molar-refractivity contribution in [3.63, 3.8) is 0 Å². The molecule has 14 nitrogen and oxygen atoms in total. The average Bonchev–Trinajstić information content (AvgIpc) is 2.66. The van der Waals surface area contributed by atoms with E-state index in [9.17, 15) is 33.9 Å². The molecule has 0 fully saturated rings. The largest absolute Gasteiger partial charge is 0.481 e. The fourth-order valence-electron chi connectivity index (χ4n) is 2.01. The Morgan fingerprint density at radius 2 is 1.30 bits per heavy atom. The molecule has 170 valence electrons. The highest BCUT2D eigenvalue weighted by Crippen LogP contribution is 2.01. The Morgan fingerprint density at radius 3 is 1.73 bits per heavy atom. The van der Waals surface area contributed by atoms with Gasteiger partial charge in [0, 0.05) is 12.2 Å². The first kappa shape index (κ1) is 27.1. The van der Waals surface area contributed by atoms with Gasteiger partial charge >= 0.3 is 17.9 Å². The minimum absolute atomic E-state index is 0.0685. The van der Waals surface area contributed by atoms with Crippen molar-refractivity contribution in [2.75, 3.05) is 12.4 Å². The molecule has 0 radical (unpaired) electrons. The van der Waals surface area contributed by atoms with Crippen LogP contribution in [0.25, 0.3) is 0 Å². The van der Waals surface area contributed by atoms with Gasteiger partial charge in [-0.15, -0.1) is 0 Å². The van der Waals surface area contributed by atoms with Gasteiger partial charge in [0.05, 0.1) is 19.1 Å². The molecule has 0 aliphatic rings. The highest BCUT2D eigenvalue weighted by Gasteiger charge is 2.30. The number of hydrogen-bond donors (Lipinski definition) is 9. The van der Waals surface area contributed by atoms with E-state index in [0.717, 1.165) is 0 Å². The molecule has 0 aliphatic heterocycles. The lowest BCUT2D eigenvalue weighted by molar-refractivity contribution is -0.147. The number of carbonyl (C=O) groups excluding carboxylic acids is 3. The summed E-state index contributed by atoms with van der Waals surface area (Å²) in [6.45, 7) is -0.993. The van der Waals surface area contributed by atoms with Crippen molar-refractivity contribution >= 4 is 48.3 Å². The third-order valence-electron chi connectivity index (χ3n) is 3.62. The van der Waals surface area contributed by atoms with Crippen LogP contribution in [0.2, 0.25) is 0 Å². The van der Waals surface area contributed by atoms with Crippen LogP contribution in [0.15, 0.2) is 0 Å². The molecule has 0 rings (SSSR count). The summed E-state index contributed by atoms with van der Waals surface area (Å²) < 4.78 is 0. The van der Waals surface area contributed by atoms with Crippen LogP contribution in [-0.4, -0.2) is 92.6 Å². The van der Waals surface area contributed by atoms with Gasteiger partial charge in [-0.25, -0.2) is 4.79 Å². The van der Waals surface area contributed by atoms with Crippen LogP contribution >= 0.6 is 12.6 Å². The molecular weight excluding hydrogens is 428 g/mol. The van der Waals surface area contributed by atoms with Crippen molar-refractivity contribution < 1.29 is 49.2 Å². The van der Waals surface area contributed by atoms with Crippen LogP contribution in [0.5, 0.6) is 0 Å². The van der Waals surface area contributed by atoms with Crippen LogP contribution in [0, 0.1) is 0 Å². The van der Waals surface area contributed by atoms with E-state index in [4.69, 9.17) is 21.1 Å². The number of amides is 3. The van der Waals surface area contributed by atoms with Crippen molar-refractivity contribution in [3.8, 4) is 0 Å². The maximum atomic E-state index is 12.4. The average molecular weight is 452 g/mol. The molecule has 4 atom stereocenters. The predicted molar refractivity (Wildman–Crippen MR) is 101 cm³/mol. The van der Waals surface area contributed by atoms with Gasteiger partial charge < -0.3 is 42.1 Å². The zero-order valence-electron chi connectivity index (χ0n) is 15.6. The van der Waals surface area contributed by atoms with Gasteiger partial charge in [-0.3, -0.25) is 24.0 Å². The summed E-state index contributed by atoms with van der Waals surface area (Å²) in [7, 11) is 0. The van der Waals surface area contributed by atoms with Crippen molar-refractivity contribution in [3.05, 3.63) is 0 Å². The van der Waals surface area contributed by atoms with E-state index >= 15 is 0 Å². The lowest BCUT2D eigenvalue weighted by atomic mass is 10.1. The van der Waals surface area contributed by atoms with E-state index in [0.29, 0.717) is 0 Å². The van der Waals surface area contributed by atoms with Crippen molar-refractivity contribution in [2.24, 2.45) is 5.73 Å². The van der Waals surface area contributed by atoms with E-state index in [1.165, 1.54) is 0 Å². The molecule has 4 unspecified atom stereocenters. The smallest absolute Gasteiger partial charge is 0.326 e. The molecule has 0 saturated carbocycles. The minimum atomic E-state index is -1.82. The molecule has 0 aromatic carbocycles. The maximum absolute atomic E-state index is 12.4. The number of aliphatic hydroxyl groups is 1. The lowest BCUT2D eigenvalue weighted by Crippen LogP contribution is -2.58. The number of thiol groups is 1. The SMILES string of the molecule is NC(CS)C(=O)NC(CCC(=O)O)C(=O)NC(CO)C(=O)NC(CC(=O)O)C(=O)O. The maximum Gasteiger partial charge on any atom is 0.326 e. The van der Waals surface area contributed by atoms with Crippen LogP contribution < -0.4 is 21.7 Å². The zero-order chi connectivity index (χ0) is 23.4. The molecule has 0 aromatic heterocycles. The highest BCUT2D eigenvalue weighted by molar-refractivity contribution is 7.80. The minimum Gasteiger partial charge on any atom is -0.481 e. The second-order valence-corrected chi connectivity index (χ2v) is 6.39. The van der Waals surface area contributed by atoms with Crippen molar-refractivity contribution in [1.29, 1.82) is 0 Å². The Hall–Kier alpha value is -2.91. The number of carboxylic acids is 3. The Morgan fingerprint density at radius 1 is 0.800 bits per heavy atom. The molecule has 9 N–H and O–H groups in total. The van der Waals surface area contributed by atoms with Crippen LogP contribution in [-0.2, 0) is 28.8 Å². The first-order chi connectivity index (χ1) is 13.9. The second-order valence-electron chi connectivity index (χ2n) is 6.02. The van der Waals surface area contributed by atoms with E-state index in [-0.39, 0.29) is 12.2 Å². The first-order valence-corrected chi connectivity index (χ1v) is 9.10. The molecule has 0 aromatic rings. The standard InChI is InChI=1S/C15H24N4O10S/c16-6(5-30)12(25)17-7(1-2-10(21)22)13(26)19-9(4-20)14(27)18-8(15(28)29)3-11(23)24/h6-9,20,30H,1-5,16H2,(H,17,25)(H,18,27)(H,19,26)(H,21,22)(H,23,24)(H,28,29). The molecule has 30 heavy (non-hydrogen) atoms. The highest BCUT2D eigenvalue weighted by atomic mass is 32.1.